The SMILES string of the molecule is CCC(C)C=C(CNC)C1CCCCC1. The minimum atomic E-state index is 0.746. The Labute approximate surface area is 95.3 Å². The normalized spacial score (nSPS) is 21.7. The Balaban J connectivity index is 2.58. The average molecular weight is 209 g/mol. The molecule has 1 N–H and O–H groups in total. The van der Waals surface area contributed by atoms with Crippen molar-refractivity contribution in [3.8, 4) is 0 Å². The standard InChI is InChI=1S/C14H27N/c1-4-12(2)10-14(11-15-3)13-8-6-5-7-9-13/h10,12-13,15H,4-9,11H2,1-3H3. The fourth-order valence-corrected chi connectivity index (χ4v) is 2.50. The van der Waals surface area contributed by atoms with Crippen LogP contribution in [0.15, 0.2) is 11.6 Å². The average Bonchev–Trinajstić information content (AvgIpc) is 2.29. The van der Waals surface area contributed by atoms with Crippen LogP contribution in [0.2, 0.25) is 0 Å². The van der Waals surface area contributed by atoms with E-state index in [1.165, 1.54) is 38.5 Å². The monoisotopic (exact) mass is 209 g/mol. The third kappa shape index (κ3) is 4.38. The maximum absolute atomic E-state index is 3.33. The smallest absolute Gasteiger partial charge is 0.0164 e. The van der Waals surface area contributed by atoms with E-state index in [2.05, 4.69) is 32.3 Å². The molecule has 0 spiro atoms. The Hall–Kier alpha value is -0.300. The molecule has 1 aliphatic rings. The Morgan fingerprint density at radius 3 is 2.53 bits per heavy atom. The summed E-state index contributed by atoms with van der Waals surface area (Å²) in [6, 6.07) is 0. The first kappa shape index (κ1) is 12.8. The van der Waals surface area contributed by atoms with Crippen LogP contribution >= 0.6 is 0 Å². The lowest BCUT2D eigenvalue weighted by Gasteiger charge is -2.25. The largest absolute Gasteiger partial charge is 0.316 e. The number of allylic oxidation sites excluding steroid dienone is 1. The van der Waals surface area contributed by atoms with E-state index in [-0.39, 0.29) is 0 Å². The van der Waals surface area contributed by atoms with Crippen LogP contribution in [0.1, 0.15) is 52.4 Å². The number of rotatable bonds is 5. The molecule has 88 valence electrons. The fraction of sp³-hybridized carbons (Fsp3) is 0.857. The van der Waals surface area contributed by atoms with Crippen LogP contribution in [-0.4, -0.2) is 13.6 Å². The van der Waals surface area contributed by atoms with Gasteiger partial charge in [0.2, 0.25) is 0 Å². The van der Waals surface area contributed by atoms with E-state index in [4.69, 9.17) is 0 Å². The van der Waals surface area contributed by atoms with Gasteiger partial charge in [0.05, 0.1) is 0 Å². The molecule has 0 amide bonds. The Bertz CT molecular complexity index is 190. The number of likely N-dealkylation sites (N-methyl/N-ethyl adjacent to an activating group) is 1. The molecular weight excluding hydrogens is 182 g/mol. The van der Waals surface area contributed by atoms with E-state index in [0.717, 1.165) is 18.4 Å². The van der Waals surface area contributed by atoms with Gasteiger partial charge < -0.3 is 5.32 Å². The molecule has 0 saturated heterocycles. The summed E-state index contributed by atoms with van der Waals surface area (Å²) in [5, 5.41) is 3.33. The van der Waals surface area contributed by atoms with Gasteiger partial charge in [0.1, 0.15) is 0 Å². The lowest BCUT2D eigenvalue weighted by atomic mass is 9.82. The molecule has 0 aromatic heterocycles. The zero-order chi connectivity index (χ0) is 11.1. The van der Waals surface area contributed by atoms with Gasteiger partial charge in [0.25, 0.3) is 0 Å². The van der Waals surface area contributed by atoms with Crippen molar-refractivity contribution < 1.29 is 0 Å². The highest BCUT2D eigenvalue weighted by Gasteiger charge is 2.17. The van der Waals surface area contributed by atoms with Crippen molar-refractivity contribution in [2.45, 2.75) is 52.4 Å². The second-order valence-corrected chi connectivity index (χ2v) is 4.99. The van der Waals surface area contributed by atoms with Crippen LogP contribution in [0.5, 0.6) is 0 Å². The van der Waals surface area contributed by atoms with Crippen LogP contribution in [0, 0.1) is 11.8 Å². The molecule has 1 unspecified atom stereocenters. The number of hydrogen-bond acceptors (Lipinski definition) is 1. The fourth-order valence-electron chi connectivity index (χ4n) is 2.50. The third-order valence-corrected chi connectivity index (χ3v) is 3.65. The minimum absolute atomic E-state index is 0.746. The van der Waals surface area contributed by atoms with Crippen LogP contribution in [0.3, 0.4) is 0 Å². The first-order chi connectivity index (χ1) is 7.27. The minimum Gasteiger partial charge on any atom is -0.316 e. The van der Waals surface area contributed by atoms with E-state index in [9.17, 15) is 0 Å². The van der Waals surface area contributed by atoms with Crippen molar-refractivity contribution in [3.05, 3.63) is 11.6 Å². The summed E-state index contributed by atoms with van der Waals surface area (Å²) in [5.41, 5.74) is 1.67. The molecule has 1 nitrogen and oxygen atoms in total. The molecule has 0 aliphatic heterocycles. The topological polar surface area (TPSA) is 12.0 Å². The van der Waals surface area contributed by atoms with Gasteiger partial charge in [-0.3, -0.25) is 0 Å². The summed E-state index contributed by atoms with van der Waals surface area (Å²) in [7, 11) is 2.06. The van der Waals surface area contributed by atoms with Crippen LogP contribution in [-0.2, 0) is 0 Å². The molecule has 0 bridgehead atoms. The van der Waals surface area contributed by atoms with E-state index in [1.807, 2.05) is 0 Å². The molecule has 1 heteroatoms. The second-order valence-electron chi connectivity index (χ2n) is 4.99. The first-order valence-electron chi connectivity index (χ1n) is 6.63. The van der Waals surface area contributed by atoms with Gasteiger partial charge >= 0.3 is 0 Å². The lowest BCUT2D eigenvalue weighted by molar-refractivity contribution is 0.394. The van der Waals surface area contributed by atoms with Gasteiger partial charge in [-0.1, -0.05) is 51.2 Å². The number of nitrogens with one attached hydrogen (secondary N) is 1. The lowest BCUT2D eigenvalue weighted by Crippen LogP contribution is -2.19. The van der Waals surface area contributed by atoms with Gasteiger partial charge in [-0.05, 0) is 31.7 Å². The molecule has 0 radical (unpaired) electrons. The Morgan fingerprint density at radius 1 is 1.33 bits per heavy atom. The molecule has 1 fully saturated rings. The van der Waals surface area contributed by atoms with E-state index < -0.39 is 0 Å². The van der Waals surface area contributed by atoms with Gasteiger partial charge in [0, 0.05) is 6.54 Å². The van der Waals surface area contributed by atoms with E-state index in [1.54, 1.807) is 5.57 Å². The zero-order valence-corrected chi connectivity index (χ0v) is 10.7. The van der Waals surface area contributed by atoms with Gasteiger partial charge in [-0.15, -0.1) is 0 Å². The molecule has 0 aromatic carbocycles. The quantitative estimate of drug-likeness (QED) is 0.680. The maximum Gasteiger partial charge on any atom is 0.0164 e. The van der Waals surface area contributed by atoms with Crippen molar-refractivity contribution in [1.82, 2.24) is 5.32 Å². The summed E-state index contributed by atoms with van der Waals surface area (Å²) < 4.78 is 0. The molecule has 1 rings (SSSR count). The zero-order valence-electron chi connectivity index (χ0n) is 10.7. The Kier molecular flexibility index (Phi) is 6.00. The summed E-state index contributed by atoms with van der Waals surface area (Å²) in [6.07, 6.45) is 10.9. The van der Waals surface area contributed by atoms with E-state index in [0.29, 0.717) is 0 Å². The Morgan fingerprint density at radius 2 is 2.00 bits per heavy atom. The van der Waals surface area contributed by atoms with Crippen LogP contribution in [0.4, 0.5) is 0 Å². The van der Waals surface area contributed by atoms with Crippen molar-refractivity contribution >= 4 is 0 Å². The van der Waals surface area contributed by atoms with Crippen LogP contribution < -0.4 is 5.32 Å². The van der Waals surface area contributed by atoms with Crippen molar-refractivity contribution in [3.63, 3.8) is 0 Å². The van der Waals surface area contributed by atoms with E-state index >= 15 is 0 Å². The van der Waals surface area contributed by atoms with Crippen molar-refractivity contribution in [2.24, 2.45) is 11.8 Å². The molecule has 0 heterocycles. The molecule has 0 aromatic rings. The molecular formula is C14H27N. The highest BCUT2D eigenvalue weighted by atomic mass is 14.8. The van der Waals surface area contributed by atoms with Gasteiger partial charge in [-0.25, -0.2) is 0 Å². The highest BCUT2D eigenvalue weighted by Crippen LogP contribution is 2.30. The van der Waals surface area contributed by atoms with Gasteiger partial charge in [0.15, 0.2) is 0 Å². The predicted octanol–water partition coefficient (Wildman–Crippen LogP) is 3.76. The van der Waals surface area contributed by atoms with Crippen molar-refractivity contribution in [2.75, 3.05) is 13.6 Å². The number of hydrogen-bond donors (Lipinski definition) is 1. The van der Waals surface area contributed by atoms with Crippen LogP contribution in [0.25, 0.3) is 0 Å². The van der Waals surface area contributed by atoms with Gasteiger partial charge in [-0.2, -0.15) is 0 Å². The predicted molar refractivity (Wildman–Crippen MR) is 68.0 cm³/mol. The summed E-state index contributed by atoms with van der Waals surface area (Å²) in [4.78, 5) is 0. The molecule has 1 atom stereocenters. The summed E-state index contributed by atoms with van der Waals surface area (Å²) in [6.45, 7) is 5.70. The van der Waals surface area contributed by atoms with Crippen molar-refractivity contribution in [1.29, 1.82) is 0 Å². The third-order valence-electron chi connectivity index (χ3n) is 3.65. The highest BCUT2D eigenvalue weighted by molar-refractivity contribution is 5.11. The second kappa shape index (κ2) is 7.05. The molecule has 1 saturated carbocycles. The summed E-state index contributed by atoms with van der Waals surface area (Å²) in [5.74, 6) is 1.62. The first-order valence-corrected chi connectivity index (χ1v) is 6.63. The summed E-state index contributed by atoms with van der Waals surface area (Å²) >= 11 is 0. The molecule has 1 aliphatic carbocycles. The maximum atomic E-state index is 3.33. The molecule has 15 heavy (non-hydrogen) atoms.